The number of hydrogen-bond acceptors (Lipinski definition) is 2. The van der Waals surface area contributed by atoms with Gasteiger partial charge in [0.25, 0.3) is 0 Å². The Kier molecular flexibility index (Phi) is 5.02. The Balaban J connectivity index is 1.77. The smallest absolute Gasteiger partial charge is 0.0202 e. The summed E-state index contributed by atoms with van der Waals surface area (Å²) in [6.07, 6.45) is 5.40. The van der Waals surface area contributed by atoms with E-state index in [2.05, 4.69) is 34.5 Å². The van der Waals surface area contributed by atoms with E-state index in [9.17, 15) is 0 Å². The molecule has 17 heavy (non-hydrogen) atoms. The molecule has 0 aliphatic carbocycles. The van der Waals surface area contributed by atoms with Crippen molar-refractivity contribution in [1.82, 2.24) is 10.2 Å². The molecule has 0 atom stereocenters. The molecule has 1 aromatic rings. The van der Waals surface area contributed by atoms with E-state index in [0.29, 0.717) is 0 Å². The summed E-state index contributed by atoms with van der Waals surface area (Å²) in [5.41, 5.74) is 2.84. The van der Waals surface area contributed by atoms with Gasteiger partial charge in [0.15, 0.2) is 0 Å². The summed E-state index contributed by atoms with van der Waals surface area (Å²) in [6, 6.07) is 9.03. The number of nitrogens with zero attached hydrogens (tertiary/aromatic N) is 1. The second-order valence-electron chi connectivity index (χ2n) is 5.00. The van der Waals surface area contributed by atoms with Crippen LogP contribution in [-0.4, -0.2) is 31.6 Å². The van der Waals surface area contributed by atoms with E-state index in [-0.39, 0.29) is 0 Å². The van der Waals surface area contributed by atoms with Crippen LogP contribution in [0.5, 0.6) is 0 Å². The molecule has 1 saturated heterocycles. The summed E-state index contributed by atoms with van der Waals surface area (Å²) in [6.45, 7) is 4.80. The lowest BCUT2D eigenvalue weighted by atomic mass is 10.1. The van der Waals surface area contributed by atoms with Crippen molar-refractivity contribution in [2.24, 2.45) is 0 Å². The van der Waals surface area contributed by atoms with E-state index in [0.717, 1.165) is 6.54 Å². The molecule has 0 bridgehead atoms. The maximum absolute atomic E-state index is 3.18. The maximum Gasteiger partial charge on any atom is 0.0202 e. The van der Waals surface area contributed by atoms with Crippen molar-refractivity contribution in [3.63, 3.8) is 0 Å². The Morgan fingerprint density at radius 2 is 1.65 bits per heavy atom. The zero-order chi connectivity index (χ0) is 11.9. The Hall–Kier alpha value is -0.860. The first-order valence-electron chi connectivity index (χ1n) is 6.83. The van der Waals surface area contributed by atoms with Crippen LogP contribution >= 0.6 is 0 Å². The fraction of sp³-hybridized carbons (Fsp3) is 0.600. The maximum atomic E-state index is 3.18. The first-order chi connectivity index (χ1) is 8.38. The van der Waals surface area contributed by atoms with Crippen molar-refractivity contribution in [2.75, 3.05) is 26.7 Å². The molecule has 2 nitrogen and oxygen atoms in total. The van der Waals surface area contributed by atoms with Crippen molar-refractivity contribution < 1.29 is 0 Å². The highest BCUT2D eigenvalue weighted by Gasteiger charge is 2.09. The Bertz CT molecular complexity index is 312. The predicted molar refractivity (Wildman–Crippen MR) is 73.2 cm³/mol. The van der Waals surface area contributed by atoms with Crippen LogP contribution in [0.4, 0.5) is 0 Å². The number of benzene rings is 1. The summed E-state index contributed by atoms with van der Waals surface area (Å²) in [5, 5.41) is 3.18. The first-order valence-corrected chi connectivity index (χ1v) is 6.83. The van der Waals surface area contributed by atoms with Crippen LogP contribution < -0.4 is 5.32 Å². The van der Waals surface area contributed by atoms with Crippen molar-refractivity contribution in [3.8, 4) is 0 Å². The van der Waals surface area contributed by atoms with E-state index in [1.807, 2.05) is 7.05 Å². The van der Waals surface area contributed by atoms with Gasteiger partial charge < -0.3 is 10.2 Å². The average molecular weight is 232 g/mol. The van der Waals surface area contributed by atoms with Crippen LogP contribution in [0.3, 0.4) is 0 Å². The third-order valence-electron chi connectivity index (χ3n) is 3.57. The number of hydrogen-bond donors (Lipinski definition) is 1. The van der Waals surface area contributed by atoms with Crippen molar-refractivity contribution in [3.05, 3.63) is 35.4 Å². The molecule has 0 spiro atoms. The lowest BCUT2D eigenvalue weighted by Gasteiger charge is -2.26. The van der Waals surface area contributed by atoms with Crippen molar-refractivity contribution in [2.45, 2.75) is 32.2 Å². The van der Waals surface area contributed by atoms with Crippen molar-refractivity contribution >= 4 is 0 Å². The second kappa shape index (κ2) is 6.77. The number of rotatable bonds is 5. The first kappa shape index (κ1) is 12.6. The van der Waals surface area contributed by atoms with Crippen molar-refractivity contribution in [1.29, 1.82) is 0 Å². The molecule has 94 valence electrons. The molecule has 0 unspecified atom stereocenters. The monoisotopic (exact) mass is 232 g/mol. The van der Waals surface area contributed by atoms with Gasteiger partial charge in [-0.2, -0.15) is 0 Å². The summed E-state index contributed by atoms with van der Waals surface area (Å²) in [7, 11) is 1.99. The molecule has 1 aliphatic heterocycles. The minimum atomic E-state index is 0.965. The van der Waals surface area contributed by atoms with Gasteiger partial charge in [0, 0.05) is 13.1 Å². The normalized spacial score (nSPS) is 17.2. The summed E-state index contributed by atoms with van der Waals surface area (Å²) in [4.78, 5) is 2.60. The van der Waals surface area contributed by atoms with Crippen LogP contribution in [0.15, 0.2) is 24.3 Å². The highest BCUT2D eigenvalue weighted by Crippen LogP contribution is 2.10. The molecule has 0 radical (unpaired) electrons. The minimum Gasteiger partial charge on any atom is -0.316 e. The van der Waals surface area contributed by atoms with E-state index in [1.165, 1.54) is 56.4 Å². The van der Waals surface area contributed by atoms with Crippen LogP contribution in [0.2, 0.25) is 0 Å². The minimum absolute atomic E-state index is 0.965. The third kappa shape index (κ3) is 4.14. The van der Waals surface area contributed by atoms with E-state index in [4.69, 9.17) is 0 Å². The standard InChI is InChI=1S/C15H24N2/c1-16-13-15-7-5-14(6-8-15)9-12-17-10-3-2-4-11-17/h5-8,16H,2-4,9-13H2,1H3. The molecule has 1 heterocycles. The largest absolute Gasteiger partial charge is 0.316 e. The number of likely N-dealkylation sites (tertiary alicyclic amines) is 1. The van der Waals surface area contributed by atoms with Crippen LogP contribution in [0.1, 0.15) is 30.4 Å². The second-order valence-corrected chi connectivity index (χ2v) is 5.00. The zero-order valence-corrected chi connectivity index (χ0v) is 10.9. The van der Waals surface area contributed by atoms with Gasteiger partial charge in [-0.05, 0) is 50.5 Å². The van der Waals surface area contributed by atoms with Gasteiger partial charge in [0.1, 0.15) is 0 Å². The third-order valence-corrected chi connectivity index (χ3v) is 3.57. The van der Waals surface area contributed by atoms with E-state index < -0.39 is 0 Å². The molecular formula is C15H24N2. The van der Waals surface area contributed by atoms with Gasteiger partial charge in [-0.1, -0.05) is 30.7 Å². The summed E-state index contributed by atoms with van der Waals surface area (Å²) < 4.78 is 0. The molecule has 2 rings (SSSR count). The van der Waals surface area contributed by atoms with E-state index >= 15 is 0 Å². The van der Waals surface area contributed by atoms with E-state index in [1.54, 1.807) is 0 Å². The average Bonchev–Trinajstić information content (AvgIpc) is 2.40. The van der Waals surface area contributed by atoms with Gasteiger partial charge in [-0.15, -0.1) is 0 Å². The molecule has 1 N–H and O–H groups in total. The Morgan fingerprint density at radius 1 is 1.00 bits per heavy atom. The van der Waals surface area contributed by atoms with Gasteiger partial charge in [0.05, 0.1) is 0 Å². The molecule has 1 fully saturated rings. The fourth-order valence-electron chi connectivity index (χ4n) is 2.50. The highest BCUT2D eigenvalue weighted by atomic mass is 15.1. The van der Waals surface area contributed by atoms with Crippen LogP contribution in [0.25, 0.3) is 0 Å². The predicted octanol–water partition coefficient (Wildman–Crippen LogP) is 2.43. The topological polar surface area (TPSA) is 15.3 Å². The van der Waals surface area contributed by atoms with Crippen LogP contribution in [0, 0.1) is 0 Å². The molecule has 0 saturated carbocycles. The molecule has 0 amide bonds. The molecule has 1 aromatic carbocycles. The van der Waals surface area contributed by atoms with Gasteiger partial charge in [-0.3, -0.25) is 0 Å². The van der Waals surface area contributed by atoms with Crippen LogP contribution in [-0.2, 0) is 13.0 Å². The van der Waals surface area contributed by atoms with Gasteiger partial charge in [-0.25, -0.2) is 0 Å². The number of piperidine rings is 1. The molecule has 1 aliphatic rings. The molecule has 2 heteroatoms. The highest BCUT2D eigenvalue weighted by molar-refractivity contribution is 5.22. The quantitative estimate of drug-likeness (QED) is 0.839. The summed E-state index contributed by atoms with van der Waals surface area (Å²) in [5.74, 6) is 0. The Morgan fingerprint density at radius 3 is 2.29 bits per heavy atom. The lowest BCUT2D eigenvalue weighted by molar-refractivity contribution is 0.231. The lowest BCUT2D eigenvalue weighted by Crippen LogP contribution is -2.31. The Labute approximate surface area is 105 Å². The SMILES string of the molecule is CNCc1ccc(CCN2CCCCC2)cc1. The molecule has 0 aromatic heterocycles. The van der Waals surface area contributed by atoms with Gasteiger partial charge in [0.2, 0.25) is 0 Å². The zero-order valence-electron chi connectivity index (χ0n) is 10.9. The molecular weight excluding hydrogens is 208 g/mol. The van der Waals surface area contributed by atoms with Gasteiger partial charge >= 0.3 is 0 Å². The number of nitrogens with one attached hydrogen (secondary N) is 1. The summed E-state index contributed by atoms with van der Waals surface area (Å²) >= 11 is 0. The fourth-order valence-corrected chi connectivity index (χ4v) is 2.50.